The van der Waals surface area contributed by atoms with Crippen molar-refractivity contribution in [2.45, 2.75) is 18.4 Å². The molecule has 0 aliphatic heterocycles. The van der Waals surface area contributed by atoms with Crippen LogP contribution < -0.4 is 5.49 Å². The third-order valence-corrected chi connectivity index (χ3v) is 4.48. The van der Waals surface area contributed by atoms with Gasteiger partial charge in [-0.1, -0.05) is 23.7 Å². The highest BCUT2D eigenvalue weighted by atomic mass is 35.5. The van der Waals surface area contributed by atoms with E-state index in [1.807, 2.05) is 0 Å². The predicted molar refractivity (Wildman–Crippen MR) is 84.0 cm³/mol. The van der Waals surface area contributed by atoms with Crippen LogP contribution in [0.2, 0.25) is 5.02 Å². The largest absolute Gasteiger partial charge is 0.327 e. The number of pyridine rings is 1. The fraction of sp³-hybridized carbons (Fsp3) is 0.200. The van der Waals surface area contributed by atoms with Crippen LogP contribution in [0.5, 0.6) is 0 Å². The molecule has 1 N–H and O–H groups in total. The minimum absolute atomic E-state index is 0.0432. The van der Waals surface area contributed by atoms with Crippen molar-refractivity contribution in [3.63, 3.8) is 0 Å². The van der Waals surface area contributed by atoms with Crippen LogP contribution in [-0.2, 0) is 16.4 Å². The number of hydrogen-bond acceptors (Lipinski definition) is 4. The van der Waals surface area contributed by atoms with Gasteiger partial charge in [0.05, 0.1) is 15.5 Å². The van der Waals surface area contributed by atoms with E-state index in [-0.39, 0.29) is 28.3 Å². The van der Waals surface area contributed by atoms with E-state index in [1.165, 1.54) is 23.6 Å². The first-order valence-corrected chi connectivity index (χ1v) is 8.70. The van der Waals surface area contributed by atoms with Gasteiger partial charge in [0.25, 0.3) is 0 Å². The van der Waals surface area contributed by atoms with Gasteiger partial charge in [0.1, 0.15) is 5.49 Å². The van der Waals surface area contributed by atoms with E-state index in [0.29, 0.717) is 10.6 Å². The topological polar surface area (TPSA) is 80.0 Å². The molecule has 1 aromatic heterocycles. The van der Waals surface area contributed by atoms with E-state index >= 15 is 0 Å². The van der Waals surface area contributed by atoms with Gasteiger partial charge >= 0.3 is 0 Å². The zero-order valence-electron chi connectivity index (χ0n) is 12.1. The average Bonchev–Trinajstić information content (AvgIpc) is 2.41. The van der Waals surface area contributed by atoms with Gasteiger partial charge in [-0.25, -0.2) is 8.42 Å². The summed E-state index contributed by atoms with van der Waals surface area (Å²) in [5, 5.41) is 8.41. The molecule has 0 saturated carbocycles. The summed E-state index contributed by atoms with van der Waals surface area (Å²) in [6, 6.07) is 7.93. The molecule has 5 nitrogen and oxygen atoms in total. The number of aromatic nitrogens is 1. The van der Waals surface area contributed by atoms with Gasteiger partial charge < -0.3 is 4.57 Å². The molecular formula is C15H15ClN2O3S. The Morgan fingerprint density at radius 1 is 1.32 bits per heavy atom. The van der Waals surface area contributed by atoms with Crippen LogP contribution in [0.15, 0.2) is 41.4 Å². The van der Waals surface area contributed by atoms with Crippen LogP contribution in [0, 0.1) is 5.41 Å². The van der Waals surface area contributed by atoms with Crippen LogP contribution in [0.4, 0.5) is 0 Å². The van der Waals surface area contributed by atoms with Gasteiger partial charge in [-0.2, -0.15) is 0 Å². The molecule has 2 aromatic rings. The van der Waals surface area contributed by atoms with E-state index < -0.39 is 9.84 Å². The lowest BCUT2D eigenvalue weighted by Gasteiger charge is -2.11. The summed E-state index contributed by atoms with van der Waals surface area (Å²) >= 11 is 5.98. The molecule has 22 heavy (non-hydrogen) atoms. The van der Waals surface area contributed by atoms with E-state index in [0.717, 1.165) is 6.26 Å². The lowest BCUT2D eigenvalue weighted by Crippen LogP contribution is -2.26. The van der Waals surface area contributed by atoms with Crippen molar-refractivity contribution in [1.82, 2.24) is 4.57 Å². The number of carbonyl (C=O) groups is 1. The molecule has 0 atom stereocenters. The molecular weight excluding hydrogens is 324 g/mol. The highest BCUT2D eigenvalue weighted by Crippen LogP contribution is 2.14. The maximum Gasteiger partial charge on any atom is 0.175 e. The SMILES string of the molecule is CC(=O)c1cc(Cl)cn(Cc2cccc(S(C)(=O)=O)c2)c1=N. The van der Waals surface area contributed by atoms with E-state index in [2.05, 4.69) is 0 Å². The Hall–Kier alpha value is -1.92. The second-order valence-corrected chi connectivity index (χ2v) is 7.48. The molecule has 116 valence electrons. The number of carbonyl (C=O) groups excluding carboxylic acids is 1. The monoisotopic (exact) mass is 338 g/mol. The highest BCUT2D eigenvalue weighted by Gasteiger charge is 2.10. The number of Topliss-reactive ketones (excluding diaryl/α,β-unsaturated/α-hetero) is 1. The summed E-state index contributed by atoms with van der Waals surface area (Å²) in [5.74, 6) is -0.244. The van der Waals surface area contributed by atoms with Gasteiger partial charge in [0.2, 0.25) is 0 Å². The average molecular weight is 339 g/mol. The number of rotatable bonds is 4. The van der Waals surface area contributed by atoms with Crippen molar-refractivity contribution < 1.29 is 13.2 Å². The summed E-state index contributed by atoms with van der Waals surface area (Å²) in [7, 11) is -3.29. The molecule has 0 spiro atoms. The van der Waals surface area contributed by atoms with E-state index in [4.69, 9.17) is 17.0 Å². The Kier molecular flexibility index (Phi) is 4.53. The van der Waals surface area contributed by atoms with Gasteiger partial charge in [0, 0.05) is 19.0 Å². The number of ketones is 1. The van der Waals surface area contributed by atoms with Crippen molar-refractivity contribution in [3.8, 4) is 0 Å². The lowest BCUT2D eigenvalue weighted by molar-refractivity contribution is 0.101. The van der Waals surface area contributed by atoms with Crippen molar-refractivity contribution in [2.75, 3.05) is 6.26 Å². The first-order valence-electron chi connectivity index (χ1n) is 6.43. The minimum Gasteiger partial charge on any atom is -0.327 e. The number of sulfone groups is 1. The van der Waals surface area contributed by atoms with Gasteiger partial charge in [-0.15, -0.1) is 0 Å². The number of nitrogens with zero attached hydrogens (tertiary/aromatic N) is 1. The summed E-state index contributed by atoms with van der Waals surface area (Å²) in [6.45, 7) is 1.63. The normalized spacial score (nSPS) is 11.4. The maximum atomic E-state index is 11.6. The third kappa shape index (κ3) is 3.64. The minimum atomic E-state index is -3.29. The van der Waals surface area contributed by atoms with Gasteiger partial charge in [-0.05, 0) is 30.7 Å². The molecule has 0 saturated heterocycles. The number of halogens is 1. The van der Waals surface area contributed by atoms with Crippen LogP contribution in [0.1, 0.15) is 22.8 Å². The zero-order valence-corrected chi connectivity index (χ0v) is 13.7. The summed E-state index contributed by atoms with van der Waals surface area (Å²) in [6.07, 6.45) is 2.69. The lowest BCUT2D eigenvalue weighted by atomic mass is 10.2. The van der Waals surface area contributed by atoms with E-state index in [9.17, 15) is 13.2 Å². The summed E-state index contributed by atoms with van der Waals surface area (Å²) in [4.78, 5) is 11.8. The fourth-order valence-electron chi connectivity index (χ4n) is 2.08. The van der Waals surface area contributed by atoms with Crippen LogP contribution >= 0.6 is 11.6 Å². The Morgan fingerprint density at radius 2 is 2.00 bits per heavy atom. The molecule has 0 radical (unpaired) electrons. The van der Waals surface area contributed by atoms with Crippen LogP contribution in [-0.4, -0.2) is 25.0 Å². The van der Waals surface area contributed by atoms with E-state index in [1.54, 1.807) is 24.4 Å². The smallest absolute Gasteiger partial charge is 0.175 e. The standard InChI is InChI=1S/C15H15ClN2O3S/c1-10(19)14-7-12(16)9-18(15(14)17)8-11-4-3-5-13(6-11)22(2,20)21/h3-7,9,17H,8H2,1-2H3. The molecule has 0 bridgehead atoms. The predicted octanol–water partition coefficient (Wildman–Crippen LogP) is 2.28. The molecule has 1 heterocycles. The third-order valence-electron chi connectivity index (χ3n) is 3.16. The summed E-state index contributed by atoms with van der Waals surface area (Å²) in [5.41, 5.74) is 0.978. The molecule has 0 amide bonds. The quantitative estimate of drug-likeness (QED) is 0.868. The fourth-order valence-corrected chi connectivity index (χ4v) is 2.99. The van der Waals surface area contributed by atoms with Crippen LogP contribution in [0.3, 0.4) is 0 Å². The molecule has 1 aromatic carbocycles. The zero-order chi connectivity index (χ0) is 16.5. The maximum absolute atomic E-state index is 11.6. The number of nitrogens with one attached hydrogen (secondary N) is 1. The first kappa shape index (κ1) is 16.5. The molecule has 2 rings (SSSR count). The molecule has 0 aliphatic rings. The van der Waals surface area contributed by atoms with Crippen molar-refractivity contribution in [2.24, 2.45) is 0 Å². The summed E-state index contributed by atoms with van der Waals surface area (Å²) < 4.78 is 24.7. The highest BCUT2D eigenvalue weighted by molar-refractivity contribution is 7.90. The Morgan fingerprint density at radius 3 is 2.59 bits per heavy atom. The van der Waals surface area contributed by atoms with Gasteiger partial charge in [-0.3, -0.25) is 10.2 Å². The Labute approximate surface area is 133 Å². The second-order valence-electron chi connectivity index (χ2n) is 5.02. The number of hydrogen-bond donors (Lipinski definition) is 1. The Bertz CT molecular complexity index is 901. The van der Waals surface area contributed by atoms with Crippen molar-refractivity contribution in [3.05, 3.63) is 58.2 Å². The van der Waals surface area contributed by atoms with Crippen LogP contribution in [0.25, 0.3) is 0 Å². The van der Waals surface area contributed by atoms with Crippen molar-refractivity contribution >= 4 is 27.2 Å². The van der Waals surface area contributed by atoms with Crippen molar-refractivity contribution in [1.29, 1.82) is 5.41 Å². The number of benzene rings is 1. The second kappa shape index (κ2) is 6.06. The first-order chi connectivity index (χ1) is 10.2. The molecule has 7 heteroatoms. The molecule has 0 fully saturated rings. The Balaban J connectivity index is 2.48. The molecule has 0 aliphatic carbocycles. The van der Waals surface area contributed by atoms with Gasteiger partial charge in [0.15, 0.2) is 15.6 Å². The molecule has 0 unspecified atom stereocenters.